The third-order valence-electron chi connectivity index (χ3n) is 4.40. The van der Waals surface area contributed by atoms with Crippen molar-refractivity contribution in [2.24, 2.45) is 0 Å². The van der Waals surface area contributed by atoms with Crippen molar-refractivity contribution in [3.8, 4) is 17.2 Å². The lowest BCUT2D eigenvalue weighted by atomic mass is 10.0. The Morgan fingerprint density at radius 1 is 0.903 bits per heavy atom. The molecule has 4 heteroatoms. The van der Waals surface area contributed by atoms with Gasteiger partial charge < -0.3 is 14.2 Å². The Hall–Kier alpha value is -3.27. The lowest BCUT2D eigenvalue weighted by Gasteiger charge is -2.15. The average Bonchev–Trinajstić information content (AvgIpc) is 2.80. The van der Waals surface area contributed by atoms with Crippen LogP contribution in [-0.2, 0) is 6.42 Å². The first-order chi connectivity index (χ1) is 15.1. The van der Waals surface area contributed by atoms with Crippen molar-refractivity contribution < 1.29 is 19.0 Å². The van der Waals surface area contributed by atoms with E-state index in [2.05, 4.69) is 27.0 Å². The average molecular weight is 421 g/mol. The Morgan fingerprint density at radius 3 is 2.19 bits per heavy atom. The first-order valence-corrected chi connectivity index (χ1v) is 10.7. The van der Waals surface area contributed by atoms with Gasteiger partial charge in [-0.05, 0) is 67.3 Å². The highest BCUT2D eigenvalue weighted by atomic mass is 16.5. The number of carbonyl (C=O) groups is 1. The van der Waals surface area contributed by atoms with Crippen molar-refractivity contribution >= 4 is 11.9 Å². The quantitative estimate of drug-likeness (QED) is 0.200. The van der Waals surface area contributed by atoms with Gasteiger partial charge in [0.25, 0.3) is 0 Å². The Kier molecular flexibility index (Phi) is 10.2. The van der Waals surface area contributed by atoms with Crippen LogP contribution < -0.4 is 14.2 Å². The maximum absolute atomic E-state index is 12.7. The van der Waals surface area contributed by atoms with Gasteiger partial charge in [-0.25, -0.2) is 0 Å². The fourth-order valence-electron chi connectivity index (χ4n) is 2.89. The summed E-state index contributed by atoms with van der Waals surface area (Å²) in [4.78, 5) is 12.7. The van der Waals surface area contributed by atoms with E-state index in [-0.39, 0.29) is 5.78 Å². The molecule has 0 fully saturated rings. The molecule has 0 saturated heterocycles. The second-order valence-corrected chi connectivity index (χ2v) is 7.01. The molecule has 0 radical (unpaired) electrons. The minimum atomic E-state index is -0.0895. The van der Waals surface area contributed by atoms with E-state index in [9.17, 15) is 4.79 Å². The van der Waals surface area contributed by atoms with Gasteiger partial charge in [-0.1, -0.05) is 32.6 Å². The van der Waals surface area contributed by atoms with E-state index >= 15 is 0 Å². The number of rotatable bonds is 14. The molecule has 0 amide bonds. The third-order valence-corrected chi connectivity index (χ3v) is 4.40. The first-order valence-electron chi connectivity index (χ1n) is 10.7. The molecular formula is C27H32O4. The van der Waals surface area contributed by atoms with Crippen molar-refractivity contribution in [3.05, 3.63) is 84.5 Å². The van der Waals surface area contributed by atoms with Crippen molar-refractivity contribution in [2.75, 3.05) is 19.8 Å². The number of hydrogen-bond acceptors (Lipinski definition) is 4. The molecule has 2 rings (SSSR count). The van der Waals surface area contributed by atoms with Crippen molar-refractivity contribution in [2.45, 2.75) is 33.1 Å². The van der Waals surface area contributed by atoms with Gasteiger partial charge in [0.05, 0.1) is 13.2 Å². The normalized spacial score (nSPS) is 10.6. The summed E-state index contributed by atoms with van der Waals surface area (Å²) in [6, 6.07) is 11.0. The molecule has 0 aliphatic carbocycles. The van der Waals surface area contributed by atoms with Gasteiger partial charge in [0.15, 0.2) is 5.78 Å². The number of carbonyl (C=O) groups excluding carboxylic acids is 1. The fraction of sp³-hybridized carbons (Fsp3) is 0.296. The molecule has 0 aliphatic heterocycles. The number of ketones is 1. The molecule has 0 aromatic heterocycles. The van der Waals surface area contributed by atoms with Gasteiger partial charge in [-0.15, -0.1) is 6.58 Å². The van der Waals surface area contributed by atoms with E-state index in [1.165, 1.54) is 0 Å². The van der Waals surface area contributed by atoms with Crippen LogP contribution in [0.15, 0.2) is 67.8 Å². The number of hydrogen-bond donors (Lipinski definition) is 0. The monoisotopic (exact) mass is 420 g/mol. The Labute approximate surface area is 185 Å². The van der Waals surface area contributed by atoms with Crippen molar-refractivity contribution in [3.63, 3.8) is 0 Å². The minimum Gasteiger partial charge on any atom is -0.493 e. The Bertz CT molecular complexity index is 894. The van der Waals surface area contributed by atoms with Crippen LogP contribution in [0.2, 0.25) is 0 Å². The predicted molar refractivity (Wildman–Crippen MR) is 127 cm³/mol. The standard InChI is InChI=1S/C27H32O4/c1-5-9-22-19-23(27(31-18-8-4)20-26(22)30-17-7-3)12-15-25(28)21-10-13-24(14-11-21)29-16-6-2/h5-6,10-15,19-20H,1-2,7-9,16-18H2,3-4H3. The lowest BCUT2D eigenvalue weighted by molar-refractivity contribution is 0.104. The molecule has 0 atom stereocenters. The molecule has 2 aromatic rings. The number of benzene rings is 2. The van der Waals surface area contributed by atoms with E-state index in [0.717, 1.165) is 29.7 Å². The number of allylic oxidation sites excluding steroid dienone is 2. The van der Waals surface area contributed by atoms with Gasteiger partial charge in [-0.2, -0.15) is 0 Å². The molecule has 0 N–H and O–H groups in total. The molecule has 0 heterocycles. The van der Waals surface area contributed by atoms with Gasteiger partial charge in [0.2, 0.25) is 0 Å². The predicted octanol–water partition coefficient (Wildman–Crippen LogP) is 6.45. The highest BCUT2D eigenvalue weighted by Gasteiger charge is 2.11. The summed E-state index contributed by atoms with van der Waals surface area (Å²) in [5, 5.41) is 0. The van der Waals surface area contributed by atoms with E-state index in [4.69, 9.17) is 14.2 Å². The second kappa shape index (κ2) is 13.1. The third kappa shape index (κ3) is 7.49. The molecule has 2 aromatic carbocycles. The zero-order valence-electron chi connectivity index (χ0n) is 18.6. The Balaban J connectivity index is 2.28. The molecule has 0 unspecified atom stereocenters. The topological polar surface area (TPSA) is 44.8 Å². The van der Waals surface area contributed by atoms with Crippen LogP contribution in [0.25, 0.3) is 6.08 Å². The molecule has 0 bridgehead atoms. The highest BCUT2D eigenvalue weighted by molar-refractivity contribution is 6.07. The van der Waals surface area contributed by atoms with E-state index in [1.54, 1.807) is 42.5 Å². The summed E-state index contributed by atoms with van der Waals surface area (Å²) >= 11 is 0. The molecule has 0 aliphatic rings. The van der Waals surface area contributed by atoms with Crippen molar-refractivity contribution in [1.82, 2.24) is 0 Å². The van der Waals surface area contributed by atoms with Crippen LogP contribution in [0.3, 0.4) is 0 Å². The fourth-order valence-corrected chi connectivity index (χ4v) is 2.89. The van der Waals surface area contributed by atoms with E-state index in [1.807, 2.05) is 18.2 Å². The van der Waals surface area contributed by atoms with Crippen molar-refractivity contribution in [1.29, 1.82) is 0 Å². The van der Waals surface area contributed by atoms with Crippen LogP contribution >= 0.6 is 0 Å². The first kappa shape index (κ1) is 24.0. The van der Waals surface area contributed by atoms with E-state index in [0.29, 0.717) is 43.3 Å². The van der Waals surface area contributed by atoms with Crippen LogP contribution in [0, 0.1) is 0 Å². The van der Waals surface area contributed by atoms with E-state index < -0.39 is 0 Å². The maximum atomic E-state index is 12.7. The molecule has 0 spiro atoms. The summed E-state index contributed by atoms with van der Waals surface area (Å²) in [5.74, 6) is 2.12. The Morgan fingerprint density at radius 2 is 1.58 bits per heavy atom. The molecule has 4 nitrogen and oxygen atoms in total. The zero-order valence-corrected chi connectivity index (χ0v) is 18.6. The van der Waals surface area contributed by atoms with Gasteiger partial charge in [0, 0.05) is 17.2 Å². The minimum absolute atomic E-state index is 0.0895. The summed E-state index contributed by atoms with van der Waals surface area (Å²) in [6.45, 7) is 13.3. The zero-order chi connectivity index (χ0) is 22.5. The lowest BCUT2D eigenvalue weighted by Crippen LogP contribution is -2.03. The summed E-state index contributed by atoms with van der Waals surface area (Å²) < 4.78 is 17.3. The largest absolute Gasteiger partial charge is 0.493 e. The molecular weight excluding hydrogens is 388 g/mol. The molecule has 0 saturated carbocycles. The SMILES string of the molecule is C=CCOc1ccc(C(=O)C=Cc2cc(CC=C)c(OCCC)cc2OCCC)cc1. The molecule has 31 heavy (non-hydrogen) atoms. The molecule has 164 valence electrons. The number of ether oxygens (including phenoxy) is 3. The van der Waals surface area contributed by atoms with Crippen LogP contribution in [-0.4, -0.2) is 25.6 Å². The summed E-state index contributed by atoms with van der Waals surface area (Å²) in [5.41, 5.74) is 2.45. The summed E-state index contributed by atoms with van der Waals surface area (Å²) in [6.07, 6.45) is 9.38. The maximum Gasteiger partial charge on any atom is 0.185 e. The van der Waals surface area contributed by atoms with Crippen LogP contribution in [0.4, 0.5) is 0 Å². The van der Waals surface area contributed by atoms with Gasteiger partial charge >= 0.3 is 0 Å². The summed E-state index contributed by atoms with van der Waals surface area (Å²) in [7, 11) is 0. The van der Waals surface area contributed by atoms with Gasteiger partial charge in [-0.3, -0.25) is 4.79 Å². The van der Waals surface area contributed by atoms with Crippen LogP contribution in [0.5, 0.6) is 17.2 Å². The van der Waals surface area contributed by atoms with Crippen LogP contribution in [0.1, 0.15) is 48.2 Å². The smallest absolute Gasteiger partial charge is 0.185 e. The van der Waals surface area contributed by atoms with Gasteiger partial charge in [0.1, 0.15) is 23.9 Å². The second-order valence-electron chi connectivity index (χ2n) is 7.01. The highest BCUT2D eigenvalue weighted by Crippen LogP contribution is 2.31.